The minimum Gasteiger partial charge on any atom is -0.436 e. The Labute approximate surface area is 311 Å². The van der Waals surface area contributed by atoms with Crippen molar-refractivity contribution < 1.29 is 8.83 Å². The van der Waals surface area contributed by atoms with Gasteiger partial charge in [-0.1, -0.05) is 42.5 Å². The second kappa shape index (κ2) is 12.2. The summed E-state index contributed by atoms with van der Waals surface area (Å²) in [6.45, 7) is 0. The quantitative estimate of drug-likeness (QED) is 0.168. The third-order valence-electron chi connectivity index (χ3n) is 9.71. The van der Waals surface area contributed by atoms with Gasteiger partial charge in [-0.15, -0.1) is 11.3 Å². The molecule has 9 heteroatoms. The lowest BCUT2D eigenvalue weighted by Gasteiger charge is -2.26. The third-order valence-corrected chi connectivity index (χ3v) is 10.7. The number of thiophene rings is 1. The van der Waals surface area contributed by atoms with E-state index in [9.17, 15) is 0 Å². The van der Waals surface area contributed by atoms with Gasteiger partial charge in [0.1, 0.15) is 22.2 Å². The number of para-hydroxylation sites is 4. The second-order valence-corrected chi connectivity index (χ2v) is 14.1. The van der Waals surface area contributed by atoms with Gasteiger partial charge in [-0.3, -0.25) is 0 Å². The van der Waals surface area contributed by atoms with Crippen molar-refractivity contribution in [1.29, 1.82) is 0 Å². The summed E-state index contributed by atoms with van der Waals surface area (Å²) in [5.74, 6) is 1.18. The highest BCUT2D eigenvalue weighted by atomic mass is 32.1. The standard InChI is InChI=1S/C45H26N6O2S/c1-3-7-39-37(5-1)48-43(52-39)27-11-16-32(17-12-27)51(33-18-13-28(14-19-33)44-49-38-6-2-4-8-40(38)53-44)34-20-15-29-23-31(10-9-30(29)24-34)36-22-21-35-42-41(25-46-26-47-42)54-45(35)50-36/h1-26H. The average Bonchev–Trinajstić information content (AvgIpc) is 3.96. The molecule has 0 aliphatic heterocycles. The van der Waals surface area contributed by atoms with Gasteiger partial charge < -0.3 is 13.7 Å². The molecular formula is C45H26N6O2S. The van der Waals surface area contributed by atoms with Crippen molar-refractivity contribution in [3.05, 3.63) is 158 Å². The monoisotopic (exact) mass is 714 g/mol. The summed E-state index contributed by atoms with van der Waals surface area (Å²) in [4.78, 5) is 26.3. The Kier molecular flexibility index (Phi) is 6.86. The van der Waals surface area contributed by atoms with Gasteiger partial charge in [0.05, 0.1) is 15.9 Å². The summed E-state index contributed by atoms with van der Waals surface area (Å²) < 4.78 is 13.2. The molecule has 0 aliphatic rings. The number of nitrogens with zero attached hydrogens (tertiary/aromatic N) is 6. The summed E-state index contributed by atoms with van der Waals surface area (Å²) in [6.07, 6.45) is 3.44. The maximum Gasteiger partial charge on any atom is 0.227 e. The molecule has 0 N–H and O–H groups in total. The lowest BCUT2D eigenvalue weighted by atomic mass is 10.0. The molecule has 6 aromatic carbocycles. The molecule has 0 saturated heterocycles. The van der Waals surface area contributed by atoms with Gasteiger partial charge in [-0.05, 0) is 114 Å². The molecule has 0 atom stereocenters. The molecule has 5 aromatic heterocycles. The van der Waals surface area contributed by atoms with Crippen LogP contribution in [-0.4, -0.2) is 24.9 Å². The van der Waals surface area contributed by atoms with Crippen molar-refractivity contribution in [2.45, 2.75) is 0 Å². The van der Waals surface area contributed by atoms with E-state index in [2.05, 4.69) is 112 Å². The molecule has 54 heavy (non-hydrogen) atoms. The highest BCUT2D eigenvalue weighted by Crippen LogP contribution is 2.39. The lowest BCUT2D eigenvalue weighted by Crippen LogP contribution is -2.09. The maximum absolute atomic E-state index is 6.08. The van der Waals surface area contributed by atoms with Gasteiger partial charge in [0.2, 0.25) is 11.8 Å². The number of rotatable bonds is 6. The van der Waals surface area contributed by atoms with Crippen LogP contribution in [0.25, 0.3) is 87.6 Å². The predicted octanol–water partition coefficient (Wildman–Crippen LogP) is 12.1. The van der Waals surface area contributed by atoms with Crippen molar-refractivity contribution in [1.82, 2.24) is 24.9 Å². The number of pyridine rings is 1. The SMILES string of the molecule is c1ccc2oc(-c3ccc(N(c4ccc(-c5nc6ccccc6o5)cc4)c4ccc5cc(-c6ccc7c(n6)sc6cncnc67)ccc5c4)cc3)nc2c1. The largest absolute Gasteiger partial charge is 0.436 e. The van der Waals surface area contributed by atoms with Crippen molar-refractivity contribution in [2.75, 3.05) is 4.90 Å². The average molecular weight is 715 g/mol. The predicted molar refractivity (Wildman–Crippen MR) is 216 cm³/mol. The van der Waals surface area contributed by atoms with Crippen LogP contribution in [-0.2, 0) is 0 Å². The fourth-order valence-electron chi connectivity index (χ4n) is 7.03. The topological polar surface area (TPSA) is 94.0 Å². The maximum atomic E-state index is 6.08. The molecule has 11 aromatic rings. The molecule has 0 amide bonds. The summed E-state index contributed by atoms with van der Waals surface area (Å²) in [7, 11) is 0. The highest BCUT2D eigenvalue weighted by molar-refractivity contribution is 7.25. The van der Waals surface area contributed by atoms with Crippen LogP contribution in [0.15, 0.2) is 167 Å². The molecule has 0 saturated carbocycles. The van der Waals surface area contributed by atoms with Crippen LogP contribution in [0.3, 0.4) is 0 Å². The van der Waals surface area contributed by atoms with E-state index in [1.54, 1.807) is 17.7 Å². The number of anilines is 3. The van der Waals surface area contributed by atoms with Crippen LogP contribution < -0.4 is 4.90 Å². The van der Waals surface area contributed by atoms with Gasteiger partial charge >= 0.3 is 0 Å². The lowest BCUT2D eigenvalue weighted by molar-refractivity contribution is 0.619. The van der Waals surface area contributed by atoms with Crippen LogP contribution in [0.5, 0.6) is 0 Å². The van der Waals surface area contributed by atoms with E-state index in [0.29, 0.717) is 11.8 Å². The first kappa shape index (κ1) is 30.4. The Bertz CT molecular complexity index is 3000. The van der Waals surface area contributed by atoms with Crippen molar-refractivity contribution in [2.24, 2.45) is 0 Å². The van der Waals surface area contributed by atoms with E-state index in [0.717, 1.165) is 92.9 Å². The van der Waals surface area contributed by atoms with E-state index in [1.165, 1.54) is 0 Å². The van der Waals surface area contributed by atoms with Crippen molar-refractivity contribution in [3.63, 3.8) is 0 Å². The van der Waals surface area contributed by atoms with Crippen LogP contribution >= 0.6 is 11.3 Å². The van der Waals surface area contributed by atoms with Gasteiger partial charge in [0.15, 0.2) is 11.2 Å². The Balaban J connectivity index is 0.972. The second-order valence-electron chi connectivity index (χ2n) is 13.0. The number of benzene rings is 6. The van der Waals surface area contributed by atoms with Gasteiger partial charge in [-0.2, -0.15) is 0 Å². The number of hydrogen-bond donors (Lipinski definition) is 0. The Hall–Kier alpha value is -7.23. The van der Waals surface area contributed by atoms with Gasteiger partial charge in [0.25, 0.3) is 0 Å². The highest BCUT2D eigenvalue weighted by Gasteiger charge is 2.17. The van der Waals surface area contributed by atoms with Crippen molar-refractivity contribution in [3.8, 4) is 34.2 Å². The van der Waals surface area contributed by atoms with E-state index in [4.69, 9.17) is 23.8 Å². The summed E-state index contributed by atoms with van der Waals surface area (Å²) >= 11 is 1.62. The summed E-state index contributed by atoms with van der Waals surface area (Å²) in [6, 6.07) is 49.5. The zero-order valence-electron chi connectivity index (χ0n) is 28.4. The van der Waals surface area contributed by atoms with E-state index < -0.39 is 0 Å². The summed E-state index contributed by atoms with van der Waals surface area (Å²) in [5, 5.41) is 3.29. The van der Waals surface area contributed by atoms with Gasteiger partial charge in [-0.25, -0.2) is 24.9 Å². The Morgan fingerprint density at radius 2 is 1.11 bits per heavy atom. The first-order chi connectivity index (χ1) is 26.7. The minimum absolute atomic E-state index is 0.591. The van der Waals surface area contributed by atoms with Crippen LogP contribution in [0.1, 0.15) is 0 Å². The zero-order valence-corrected chi connectivity index (χ0v) is 29.2. The molecule has 0 unspecified atom stereocenters. The third kappa shape index (κ3) is 5.17. The molecule has 11 rings (SSSR count). The van der Waals surface area contributed by atoms with E-state index in [1.807, 2.05) is 54.7 Å². The molecule has 0 radical (unpaired) electrons. The smallest absolute Gasteiger partial charge is 0.227 e. The van der Waals surface area contributed by atoms with Crippen molar-refractivity contribution >= 4 is 81.8 Å². The first-order valence-electron chi connectivity index (χ1n) is 17.5. The van der Waals surface area contributed by atoms with Gasteiger partial charge in [0, 0.05) is 45.3 Å². The minimum atomic E-state index is 0.591. The molecule has 0 bridgehead atoms. The molecule has 0 aliphatic carbocycles. The molecule has 254 valence electrons. The van der Waals surface area contributed by atoms with Crippen LogP contribution in [0.4, 0.5) is 17.1 Å². The number of oxazole rings is 2. The van der Waals surface area contributed by atoms with E-state index >= 15 is 0 Å². The first-order valence-corrected chi connectivity index (χ1v) is 18.3. The number of fused-ring (bicyclic) bond motifs is 6. The molecule has 0 fully saturated rings. The zero-order chi connectivity index (χ0) is 35.6. The van der Waals surface area contributed by atoms with E-state index in [-0.39, 0.29) is 0 Å². The molecule has 0 spiro atoms. The normalized spacial score (nSPS) is 11.7. The van der Waals surface area contributed by atoms with Crippen LogP contribution in [0, 0.1) is 0 Å². The van der Waals surface area contributed by atoms with Crippen LogP contribution in [0.2, 0.25) is 0 Å². The molecule has 5 heterocycles. The fraction of sp³-hybridized carbons (Fsp3) is 0. The molecule has 8 nitrogen and oxygen atoms in total. The fourth-order valence-corrected chi connectivity index (χ4v) is 8.03. The number of hydrogen-bond acceptors (Lipinski definition) is 9. The summed E-state index contributed by atoms with van der Waals surface area (Å²) in [5.41, 5.74) is 10.9. The Morgan fingerprint density at radius 1 is 0.519 bits per heavy atom. The molecular weight excluding hydrogens is 689 g/mol. The Morgan fingerprint density at radius 3 is 1.78 bits per heavy atom. The number of aromatic nitrogens is 5.